The van der Waals surface area contributed by atoms with Crippen molar-refractivity contribution in [2.75, 3.05) is 37.2 Å². The highest BCUT2D eigenvalue weighted by molar-refractivity contribution is 7.92. The van der Waals surface area contributed by atoms with Gasteiger partial charge in [-0.2, -0.15) is 4.31 Å². The number of benzene rings is 2. The van der Waals surface area contributed by atoms with Crippen molar-refractivity contribution in [1.82, 2.24) is 24.4 Å². The Hall–Kier alpha value is -3.77. The first kappa shape index (κ1) is 40.0. The van der Waals surface area contributed by atoms with Gasteiger partial charge in [0.15, 0.2) is 0 Å². The van der Waals surface area contributed by atoms with E-state index in [1.54, 1.807) is 4.90 Å². The molecule has 51 heavy (non-hydrogen) atoms. The Bertz CT molecular complexity index is 1890. The number of sulfonamides is 2. The summed E-state index contributed by atoms with van der Waals surface area (Å²) in [5.74, 6) is -1.40. The lowest BCUT2D eigenvalue weighted by molar-refractivity contribution is -0.128. The average molecular weight is 765 g/mol. The van der Waals surface area contributed by atoms with Gasteiger partial charge in [-0.1, -0.05) is 58.0 Å². The summed E-state index contributed by atoms with van der Waals surface area (Å²) in [6, 6.07) is 10.3. The number of aromatic hydroxyl groups is 1. The van der Waals surface area contributed by atoms with E-state index < -0.39 is 56.4 Å². The molecule has 3 atom stereocenters. The molecule has 17 heteroatoms. The largest absolute Gasteiger partial charge is 0.506 e. The number of aryl methyl sites for hydroxylation is 1. The Morgan fingerprint density at radius 2 is 1.73 bits per heavy atom. The van der Waals surface area contributed by atoms with Crippen LogP contribution < -0.4 is 10.0 Å². The van der Waals surface area contributed by atoms with Crippen molar-refractivity contribution in [2.45, 2.75) is 70.7 Å². The maximum atomic E-state index is 14.1. The van der Waals surface area contributed by atoms with Crippen LogP contribution in [-0.2, 0) is 37.8 Å². The molecule has 1 unspecified atom stereocenters. The number of hydrogen-bond donors (Lipinski definition) is 4. The first-order chi connectivity index (χ1) is 23.9. The lowest BCUT2D eigenvalue weighted by Crippen LogP contribution is -2.57. The van der Waals surface area contributed by atoms with Gasteiger partial charge >= 0.3 is 6.03 Å². The Balaban J connectivity index is 1.60. The van der Waals surface area contributed by atoms with E-state index in [1.807, 2.05) is 70.3 Å². The summed E-state index contributed by atoms with van der Waals surface area (Å²) in [6.45, 7) is 9.85. The molecule has 1 saturated heterocycles. The number of aromatic nitrogens is 1. The number of nitrogens with one attached hydrogen (secondary N) is 2. The summed E-state index contributed by atoms with van der Waals surface area (Å²) in [6.07, 6.45) is -0.363. The predicted octanol–water partition coefficient (Wildman–Crippen LogP) is 3.23. The summed E-state index contributed by atoms with van der Waals surface area (Å²) < 4.78 is 55.0. The number of urea groups is 1. The third kappa shape index (κ3) is 10.6. The van der Waals surface area contributed by atoms with E-state index >= 15 is 0 Å². The van der Waals surface area contributed by atoms with Crippen LogP contribution in [0.15, 0.2) is 58.8 Å². The molecule has 3 amide bonds. The topological polar surface area (TPSA) is 190 Å². The molecule has 4 N–H and O–H groups in total. The van der Waals surface area contributed by atoms with Crippen LogP contribution in [-0.4, -0.2) is 109 Å². The fourth-order valence-electron chi connectivity index (χ4n) is 6.03. The van der Waals surface area contributed by atoms with Crippen LogP contribution in [0.25, 0.3) is 0 Å². The Labute approximate surface area is 304 Å². The highest BCUT2D eigenvalue weighted by atomic mass is 32.2. The minimum absolute atomic E-state index is 0.00758. The van der Waals surface area contributed by atoms with Crippen molar-refractivity contribution in [2.24, 2.45) is 11.8 Å². The third-order valence-electron chi connectivity index (χ3n) is 8.33. The van der Waals surface area contributed by atoms with Gasteiger partial charge in [0.1, 0.15) is 11.8 Å². The summed E-state index contributed by atoms with van der Waals surface area (Å²) in [5.41, 5.74) is 1.26. The monoisotopic (exact) mass is 764 g/mol. The molecule has 4 rings (SSSR count). The standard InChI is InChI=1S/C34H48N6O8S3/c1-22(2)18-39(51(47,48)27-12-13-30(41)29(17-27)37-50(6,45)46)20-31(42)28(16-25-10-8-7-9-11-25)36-33(43)32(23(3)4)40-15-14-38(34(40)44)19-26-21-49-24(5)35-26/h7-13,17,21-23,28,31-32,37,41-42H,14-16,18-20H2,1-6H3,(H,36,43)/t28-,31+,32?/m0/s1. The van der Waals surface area contributed by atoms with Crippen LogP contribution in [0.4, 0.5) is 10.5 Å². The van der Waals surface area contributed by atoms with Gasteiger partial charge in [-0.05, 0) is 48.9 Å². The normalized spacial score (nSPS) is 15.8. The first-order valence-corrected chi connectivity index (χ1v) is 20.9. The van der Waals surface area contributed by atoms with Gasteiger partial charge in [-0.15, -0.1) is 11.3 Å². The molecule has 2 aromatic carbocycles. The maximum absolute atomic E-state index is 14.1. The minimum Gasteiger partial charge on any atom is -0.506 e. The van der Waals surface area contributed by atoms with Crippen molar-refractivity contribution < 1.29 is 36.6 Å². The molecule has 1 aliphatic heterocycles. The number of aliphatic hydroxyl groups excluding tert-OH is 1. The summed E-state index contributed by atoms with van der Waals surface area (Å²) in [5, 5.41) is 27.7. The van der Waals surface area contributed by atoms with E-state index in [0.717, 1.165) is 45.0 Å². The van der Waals surface area contributed by atoms with Gasteiger partial charge in [-0.3, -0.25) is 9.52 Å². The fourth-order valence-corrected chi connectivity index (χ4v) is 8.84. The molecule has 3 aromatic rings. The van der Waals surface area contributed by atoms with Crippen molar-refractivity contribution >= 4 is 49.0 Å². The molecule has 1 aromatic heterocycles. The van der Waals surface area contributed by atoms with Gasteiger partial charge in [-0.25, -0.2) is 26.6 Å². The van der Waals surface area contributed by atoms with E-state index in [1.165, 1.54) is 16.2 Å². The molecule has 0 aliphatic carbocycles. The summed E-state index contributed by atoms with van der Waals surface area (Å²) >= 11 is 1.50. The third-order valence-corrected chi connectivity index (χ3v) is 11.6. The van der Waals surface area contributed by atoms with Crippen LogP contribution >= 0.6 is 11.3 Å². The molecule has 0 radical (unpaired) electrons. The zero-order valence-corrected chi connectivity index (χ0v) is 32.1. The van der Waals surface area contributed by atoms with E-state index in [2.05, 4.69) is 15.0 Å². The minimum atomic E-state index is -4.35. The molecule has 0 spiro atoms. The van der Waals surface area contributed by atoms with Crippen LogP contribution in [0.1, 0.15) is 44.0 Å². The van der Waals surface area contributed by atoms with Crippen molar-refractivity contribution in [3.8, 4) is 5.75 Å². The zero-order valence-electron chi connectivity index (χ0n) is 29.7. The van der Waals surface area contributed by atoms with E-state index in [4.69, 9.17) is 0 Å². The number of carbonyl (C=O) groups is 2. The lowest BCUT2D eigenvalue weighted by Gasteiger charge is -2.34. The number of phenols is 1. The van der Waals surface area contributed by atoms with Crippen LogP contribution in [0.5, 0.6) is 5.75 Å². The number of amides is 3. The SMILES string of the molecule is Cc1nc(CN2CCN(C(C(=O)N[C@@H](Cc3ccccc3)[C@H](O)CN(CC(C)C)S(=O)(=O)c3ccc(O)c(NS(C)(=O)=O)c3)C(C)C)C2=O)cs1. The molecule has 0 saturated carbocycles. The Morgan fingerprint density at radius 1 is 1.04 bits per heavy atom. The molecule has 14 nitrogen and oxygen atoms in total. The highest BCUT2D eigenvalue weighted by Crippen LogP contribution is 2.29. The summed E-state index contributed by atoms with van der Waals surface area (Å²) in [4.78, 5) is 35.0. The van der Waals surface area contributed by atoms with Gasteiger partial charge in [0, 0.05) is 31.6 Å². The Kier molecular flexibility index (Phi) is 13.1. The number of aliphatic hydroxyl groups is 1. The molecule has 1 fully saturated rings. The number of thiazole rings is 1. The molecular weight excluding hydrogens is 717 g/mol. The molecule has 280 valence electrons. The second kappa shape index (κ2) is 16.7. The number of anilines is 1. The smallest absolute Gasteiger partial charge is 0.321 e. The quantitative estimate of drug-likeness (QED) is 0.150. The number of rotatable bonds is 17. The van der Waals surface area contributed by atoms with Gasteiger partial charge in [0.05, 0.1) is 46.2 Å². The first-order valence-electron chi connectivity index (χ1n) is 16.7. The van der Waals surface area contributed by atoms with Crippen LogP contribution in [0.3, 0.4) is 0 Å². The van der Waals surface area contributed by atoms with E-state index in [0.29, 0.717) is 19.6 Å². The average Bonchev–Trinajstić information content (AvgIpc) is 3.61. The van der Waals surface area contributed by atoms with Gasteiger partial charge < -0.3 is 25.3 Å². The Morgan fingerprint density at radius 3 is 2.31 bits per heavy atom. The van der Waals surface area contributed by atoms with Crippen molar-refractivity contribution in [3.63, 3.8) is 0 Å². The highest BCUT2D eigenvalue weighted by Gasteiger charge is 2.40. The zero-order chi connectivity index (χ0) is 37.7. The molecular formula is C34H48N6O8S3. The maximum Gasteiger partial charge on any atom is 0.321 e. The van der Waals surface area contributed by atoms with Crippen LogP contribution in [0, 0.1) is 18.8 Å². The van der Waals surface area contributed by atoms with Gasteiger partial charge in [0.2, 0.25) is 26.0 Å². The number of nitrogens with zero attached hydrogens (tertiary/aromatic N) is 4. The van der Waals surface area contributed by atoms with E-state index in [9.17, 15) is 36.6 Å². The number of phenolic OH excluding ortho intramolecular Hbond substituents is 1. The van der Waals surface area contributed by atoms with Crippen LogP contribution in [0.2, 0.25) is 0 Å². The lowest BCUT2D eigenvalue weighted by atomic mass is 9.97. The van der Waals surface area contributed by atoms with Crippen molar-refractivity contribution in [1.29, 1.82) is 0 Å². The molecule has 2 heterocycles. The van der Waals surface area contributed by atoms with E-state index in [-0.39, 0.29) is 41.4 Å². The second-order valence-corrected chi connectivity index (χ2v) is 18.3. The van der Waals surface area contributed by atoms with Gasteiger partial charge in [0.25, 0.3) is 0 Å². The second-order valence-electron chi connectivity index (χ2n) is 13.6. The number of hydrogen-bond acceptors (Lipinski definition) is 10. The molecule has 1 aliphatic rings. The van der Waals surface area contributed by atoms with Crippen molar-refractivity contribution in [3.05, 3.63) is 70.2 Å². The number of carbonyl (C=O) groups excluding carboxylic acids is 2. The fraction of sp³-hybridized carbons (Fsp3) is 0.500. The molecule has 0 bridgehead atoms. The summed E-state index contributed by atoms with van der Waals surface area (Å²) in [7, 11) is -8.19. The predicted molar refractivity (Wildman–Crippen MR) is 196 cm³/mol.